The lowest BCUT2D eigenvalue weighted by atomic mass is 10.0. The van der Waals surface area contributed by atoms with Crippen molar-refractivity contribution >= 4 is 25.1 Å². The second kappa shape index (κ2) is 19.1. The second-order valence-corrected chi connectivity index (χ2v) is 10.8. The zero-order valence-corrected chi connectivity index (χ0v) is 26.9. The van der Waals surface area contributed by atoms with Crippen molar-refractivity contribution in [2.24, 2.45) is 22.4 Å². The molecule has 1 heterocycles. The summed E-state index contributed by atoms with van der Waals surface area (Å²) < 4.78 is 42.1. The van der Waals surface area contributed by atoms with Gasteiger partial charge in [-0.2, -0.15) is 8.78 Å². The van der Waals surface area contributed by atoms with E-state index in [0.717, 1.165) is 12.0 Å². The first-order chi connectivity index (χ1) is 21.4. The zero-order chi connectivity index (χ0) is 34.2. The number of likely N-dealkylation sites (tertiary alicyclic amines) is 1. The third-order valence-corrected chi connectivity index (χ3v) is 7.59. The molecule has 2 aromatic rings. The van der Waals surface area contributed by atoms with Crippen molar-refractivity contribution in [3.8, 4) is 11.1 Å². The summed E-state index contributed by atoms with van der Waals surface area (Å²) in [6, 6.07) is 11.3. The van der Waals surface area contributed by atoms with Gasteiger partial charge in [0.1, 0.15) is 0 Å². The van der Waals surface area contributed by atoms with Crippen molar-refractivity contribution in [3.05, 3.63) is 82.5 Å². The number of carbonyl (C=O) groups excluding carboxylic acids is 3. The Bertz CT molecular complexity index is 1360. The molecule has 1 saturated heterocycles. The molecule has 0 aromatic heterocycles. The monoisotopic (exact) mass is 629 g/mol. The number of benzene rings is 2. The van der Waals surface area contributed by atoms with E-state index < -0.39 is 12.6 Å². The van der Waals surface area contributed by atoms with E-state index in [4.69, 9.17) is 10.5 Å². The summed E-state index contributed by atoms with van der Waals surface area (Å²) in [5.41, 5.74) is 13.0. The Morgan fingerprint density at radius 3 is 2.27 bits per heavy atom. The molecule has 1 aliphatic heterocycles. The minimum absolute atomic E-state index is 0.0115. The summed E-state index contributed by atoms with van der Waals surface area (Å²) in [6.07, 6.45) is 7.15. The van der Waals surface area contributed by atoms with E-state index in [-0.39, 0.29) is 47.9 Å². The van der Waals surface area contributed by atoms with Crippen LogP contribution in [-0.4, -0.2) is 62.3 Å². The molecular weight excluding hydrogens is 583 g/mol. The number of nitrogens with zero attached hydrogens (tertiary/aromatic N) is 2. The smallest absolute Gasteiger partial charge is 0.299 e. The lowest BCUT2D eigenvalue weighted by Gasteiger charge is -2.21. The number of nitrogens with one attached hydrogen (secondary N) is 1. The van der Waals surface area contributed by atoms with E-state index in [0.29, 0.717) is 29.7 Å². The van der Waals surface area contributed by atoms with Gasteiger partial charge in [0.25, 0.3) is 5.92 Å². The molecule has 4 rings (SSSR count). The topological polar surface area (TPSA) is 131 Å². The number of fused-ring (bicyclic) bond motifs is 3. The molecule has 0 bridgehead atoms. The fraction of sp³-hybridized carbons (Fsp3) is 0.412. The fourth-order valence-electron chi connectivity index (χ4n) is 5.01. The molecule has 2 aromatic carbocycles. The number of hydrogen-bond donors (Lipinski definition) is 3. The highest BCUT2D eigenvalue weighted by molar-refractivity contribution is 5.83. The molecule has 11 heteroatoms. The number of nitrogens with two attached hydrogens (primary N) is 2. The standard InChI is InChI=1S/C21H20F3NO.C10H17NO.C2H6N2.CH3NO/c1-13-8-15(11-22)12-25(13)20(26)10-14-6-7-19-17(9-14)16-4-2-3-5-18(16)21(19,23)24;1-5-8(2)6-9(3)10(4)11-7-12;1-4-2-3;2-1-3/h2-7,9,13,15H,8,10-12H2,1H3;5-7,10H,1-4H3,(H,11,12);2H,1H3,(H2,3,4);1H,(H2,2,3)/b;8-5-,9-6+;;/t;10-;;/m.1../s1. The van der Waals surface area contributed by atoms with Crippen LogP contribution in [0.4, 0.5) is 13.2 Å². The van der Waals surface area contributed by atoms with E-state index >= 15 is 0 Å². The Balaban J connectivity index is 0.000000446. The molecule has 246 valence electrons. The molecule has 0 saturated carbocycles. The Morgan fingerprint density at radius 2 is 1.73 bits per heavy atom. The maximum Gasteiger partial charge on any atom is 0.299 e. The summed E-state index contributed by atoms with van der Waals surface area (Å²) in [4.78, 5) is 36.4. The van der Waals surface area contributed by atoms with Crippen molar-refractivity contribution in [3.63, 3.8) is 0 Å². The Kier molecular flexibility index (Phi) is 16.4. The van der Waals surface area contributed by atoms with Gasteiger partial charge in [-0.3, -0.25) is 23.8 Å². The van der Waals surface area contributed by atoms with Crippen LogP contribution in [0, 0.1) is 5.92 Å². The number of aliphatic imine (C=N–C) groups is 1. The van der Waals surface area contributed by atoms with Gasteiger partial charge in [-0.25, -0.2) is 0 Å². The first-order valence-corrected chi connectivity index (χ1v) is 14.6. The van der Waals surface area contributed by atoms with Gasteiger partial charge in [-0.05, 0) is 57.7 Å². The molecule has 1 aliphatic carbocycles. The molecule has 5 N–H and O–H groups in total. The normalized spacial score (nSPS) is 18.6. The average molecular weight is 630 g/mol. The molecule has 2 aliphatic rings. The van der Waals surface area contributed by atoms with Crippen LogP contribution >= 0.6 is 0 Å². The molecule has 3 amide bonds. The predicted molar refractivity (Wildman–Crippen MR) is 175 cm³/mol. The molecule has 0 radical (unpaired) electrons. The van der Waals surface area contributed by atoms with Crippen molar-refractivity contribution < 1.29 is 27.6 Å². The van der Waals surface area contributed by atoms with Gasteiger partial charge in [-0.1, -0.05) is 65.8 Å². The number of alkyl halides is 3. The Morgan fingerprint density at radius 1 is 1.13 bits per heavy atom. The van der Waals surface area contributed by atoms with Gasteiger partial charge in [0.2, 0.25) is 18.7 Å². The van der Waals surface area contributed by atoms with Gasteiger partial charge in [-0.15, -0.1) is 0 Å². The number of primary amides is 1. The van der Waals surface area contributed by atoms with Gasteiger partial charge >= 0.3 is 0 Å². The number of allylic oxidation sites excluding steroid dienone is 3. The highest BCUT2D eigenvalue weighted by Crippen LogP contribution is 2.51. The number of hydrogen-bond acceptors (Lipinski definition) is 4. The molecule has 1 fully saturated rings. The molecule has 0 spiro atoms. The minimum atomic E-state index is -3.01. The SMILES string of the molecule is C/C=C(C)\C=C(/C)[C@@H](C)NC=O.CC1CC(CF)CN1C(=O)Cc1ccc2c(c1)-c1ccccc1C2(F)F.CN=CN.NC=O. The van der Waals surface area contributed by atoms with Crippen LogP contribution in [0.25, 0.3) is 11.1 Å². The molecule has 3 atom stereocenters. The van der Waals surface area contributed by atoms with Gasteiger partial charge < -0.3 is 21.7 Å². The third-order valence-electron chi connectivity index (χ3n) is 7.59. The highest BCUT2D eigenvalue weighted by atomic mass is 19.3. The maximum atomic E-state index is 14.6. The van der Waals surface area contributed by atoms with Crippen molar-refractivity contribution in [2.75, 3.05) is 20.3 Å². The summed E-state index contributed by atoms with van der Waals surface area (Å²) in [5, 5.41) is 2.70. The van der Waals surface area contributed by atoms with Gasteiger partial charge in [0.15, 0.2) is 0 Å². The van der Waals surface area contributed by atoms with Crippen LogP contribution in [-0.2, 0) is 26.7 Å². The fourth-order valence-corrected chi connectivity index (χ4v) is 5.01. The summed E-state index contributed by atoms with van der Waals surface area (Å²) >= 11 is 0. The molecule has 8 nitrogen and oxygen atoms in total. The zero-order valence-electron chi connectivity index (χ0n) is 26.9. The number of amides is 3. The van der Waals surface area contributed by atoms with E-state index in [1.807, 2.05) is 40.7 Å². The number of carbonyl (C=O) groups is 3. The first kappa shape index (κ1) is 38.6. The maximum absolute atomic E-state index is 14.6. The van der Waals surface area contributed by atoms with E-state index in [2.05, 4.69) is 22.1 Å². The van der Waals surface area contributed by atoms with Crippen molar-refractivity contribution in [2.45, 2.75) is 65.5 Å². The summed E-state index contributed by atoms with van der Waals surface area (Å²) in [6.45, 7) is 9.94. The van der Waals surface area contributed by atoms with Crippen LogP contribution in [0.5, 0.6) is 0 Å². The first-order valence-electron chi connectivity index (χ1n) is 14.6. The van der Waals surface area contributed by atoms with E-state index in [9.17, 15) is 22.8 Å². The summed E-state index contributed by atoms with van der Waals surface area (Å²) in [5.74, 6) is -3.18. The van der Waals surface area contributed by atoms with Gasteiger partial charge in [0, 0.05) is 42.7 Å². The summed E-state index contributed by atoms with van der Waals surface area (Å²) in [7, 11) is 1.62. The van der Waals surface area contributed by atoms with Crippen molar-refractivity contribution in [1.82, 2.24) is 10.2 Å². The van der Waals surface area contributed by atoms with E-state index in [1.54, 1.807) is 42.3 Å². The number of rotatable bonds is 7. The largest absolute Gasteiger partial charge is 0.390 e. The highest BCUT2D eigenvalue weighted by Gasteiger charge is 2.44. The third kappa shape index (κ3) is 10.9. The van der Waals surface area contributed by atoms with Crippen LogP contribution in [0.3, 0.4) is 0 Å². The predicted octanol–water partition coefficient (Wildman–Crippen LogP) is 5.29. The van der Waals surface area contributed by atoms with Gasteiger partial charge in [0.05, 0.1) is 19.4 Å². The lowest BCUT2D eigenvalue weighted by Crippen LogP contribution is -2.35. The van der Waals surface area contributed by atoms with Crippen LogP contribution in [0.15, 0.2) is 70.8 Å². The lowest BCUT2D eigenvalue weighted by molar-refractivity contribution is -0.131. The quantitative estimate of drug-likeness (QED) is 0.166. The molecular formula is C34H46F3N5O3. The average Bonchev–Trinajstić information content (AvgIpc) is 3.52. The molecule has 2 unspecified atom stereocenters. The van der Waals surface area contributed by atoms with Crippen LogP contribution < -0.4 is 16.8 Å². The number of halogens is 3. The second-order valence-electron chi connectivity index (χ2n) is 10.8. The van der Waals surface area contributed by atoms with Crippen LogP contribution in [0.1, 0.15) is 57.7 Å². The van der Waals surface area contributed by atoms with E-state index in [1.165, 1.54) is 24.0 Å². The van der Waals surface area contributed by atoms with Crippen molar-refractivity contribution in [1.29, 1.82) is 0 Å². The van der Waals surface area contributed by atoms with Crippen LogP contribution in [0.2, 0.25) is 0 Å². The minimum Gasteiger partial charge on any atom is -0.390 e. The Labute approximate surface area is 264 Å². The molecule has 45 heavy (non-hydrogen) atoms. The Hall–Kier alpha value is -4.41.